The van der Waals surface area contributed by atoms with Crippen molar-refractivity contribution in [3.8, 4) is 39.2 Å². The molecule has 5 rings (SSSR count). The second-order valence-electron chi connectivity index (χ2n) is 7.07. The minimum Gasteiger partial charge on any atom is -0.315 e. The van der Waals surface area contributed by atoms with E-state index in [1.807, 2.05) is 0 Å². The molecule has 5 aromatic rings. The first-order valence-corrected chi connectivity index (χ1v) is 9.89. The average molecular weight is 371 g/mol. The maximum Gasteiger partial charge on any atom is 0.0613 e. The van der Waals surface area contributed by atoms with Crippen LogP contribution in [0.1, 0.15) is 0 Å². The summed E-state index contributed by atoms with van der Waals surface area (Å²) in [4.78, 5) is 0. The number of benzene rings is 4. The first-order valence-electron chi connectivity index (χ1n) is 9.89. The molecule has 1 heteroatoms. The zero-order valence-corrected chi connectivity index (χ0v) is 16.1. The summed E-state index contributed by atoms with van der Waals surface area (Å²) in [5.41, 5.74) is 8.51. The van der Waals surface area contributed by atoms with Crippen LogP contribution in [-0.4, -0.2) is 4.57 Å². The molecule has 0 bridgehead atoms. The van der Waals surface area contributed by atoms with Gasteiger partial charge in [-0.05, 0) is 28.8 Å². The Morgan fingerprint density at radius 1 is 0.414 bits per heavy atom. The van der Waals surface area contributed by atoms with E-state index in [4.69, 9.17) is 0 Å². The lowest BCUT2D eigenvalue weighted by atomic mass is 9.94. The van der Waals surface area contributed by atoms with Crippen LogP contribution in [0.25, 0.3) is 39.2 Å². The predicted molar refractivity (Wildman–Crippen MR) is 122 cm³/mol. The van der Waals surface area contributed by atoms with E-state index in [1.165, 1.54) is 33.5 Å². The van der Waals surface area contributed by atoms with E-state index in [-0.39, 0.29) is 0 Å². The van der Waals surface area contributed by atoms with Crippen molar-refractivity contribution in [2.24, 2.45) is 0 Å². The highest BCUT2D eigenvalue weighted by molar-refractivity contribution is 5.94. The van der Waals surface area contributed by atoms with Gasteiger partial charge in [-0.2, -0.15) is 0 Å². The van der Waals surface area contributed by atoms with E-state index in [2.05, 4.69) is 132 Å². The van der Waals surface area contributed by atoms with Gasteiger partial charge in [-0.25, -0.2) is 0 Å². The van der Waals surface area contributed by atoms with Crippen molar-refractivity contribution >= 4 is 0 Å². The van der Waals surface area contributed by atoms with Gasteiger partial charge in [0, 0.05) is 23.0 Å². The third-order valence-electron chi connectivity index (χ3n) is 5.23. The molecule has 0 unspecified atom stereocenters. The summed E-state index contributed by atoms with van der Waals surface area (Å²) < 4.78 is 2.32. The Labute approximate surface area is 171 Å². The lowest BCUT2D eigenvalue weighted by molar-refractivity contribution is 1.09. The molecule has 0 amide bonds. The highest BCUT2D eigenvalue weighted by Crippen LogP contribution is 2.42. The molecule has 0 saturated carbocycles. The molecule has 138 valence electrons. The monoisotopic (exact) mass is 371 g/mol. The fourth-order valence-corrected chi connectivity index (χ4v) is 3.91. The Bertz CT molecular complexity index is 1110. The summed E-state index contributed by atoms with van der Waals surface area (Å²) in [7, 11) is 0. The smallest absolute Gasteiger partial charge is 0.0613 e. The van der Waals surface area contributed by atoms with Gasteiger partial charge in [-0.15, -0.1) is 0 Å². The van der Waals surface area contributed by atoms with Crippen LogP contribution >= 0.6 is 0 Å². The first kappa shape index (κ1) is 17.3. The van der Waals surface area contributed by atoms with Crippen molar-refractivity contribution in [3.05, 3.63) is 128 Å². The summed E-state index contributed by atoms with van der Waals surface area (Å²) in [6, 6.07) is 42.6. The Morgan fingerprint density at radius 3 is 1.41 bits per heavy atom. The third-order valence-corrected chi connectivity index (χ3v) is 5.23. The van der Waals surface area contributed by atoms with Crippen LogP contribution in [-0.2, 0) is 0 Å². The Morgan fingerprint density at radius 2 is 0.862 bits per heavy atom. The van der Waals surface area contributed by atoms with E-state index < -0.39 is 0 Å². The van der Waals surface area contributed by atoms with Crippen LogP contribution in [0.3, 0.4) is 0 Å². The molecule has 4 aromatic carbocycles. The van der Waals surface area contributed by atoms with Crippen LogP contribution in [0.4, 0.5) is 0 Å². The van der Waals surface area contributed by atoms with E-state index >= 15 is 0 Å². The number of aromatic nitrogens is 1. The molecule has 1 aromatic heterocycles. The van der Waals surface area contributed by atoms with E-state index in [9.17, 15) is 0 Å². The fraction of sp³-hybridized carbons (Fsp3) is 0. The van der Waals surface area contributed by atoms with E-state index in [0.717, 1.165) is 5.69 Å². The maximum atomic E-state index is 2.32. The second kappa shape index (κ2) is 7.65. The van der Waals surface area contributed by atoms with Gasteiger partial charge in [-0.1, -0.05) is 109 Å². The van der Waals surface area contributed by atoms with Gasteiger partial charge in [0.2, 0.25) is 0 Å². The molecule has 0 N–H and O–H groups in total. The Balaban J connectivity index is 1.89. The molecule has 0 radical (unpaired) electrons. The number of hydrogen-bond acceptors (Lipinski definition) is 0. The zero-order valence-electron chi connectivity index (χ0n) is 16.1. The summed E-state index contributed by atoms with van der Waals surface area (Å²) in [5, 5.41) is 0. The molecule has 0 aliphatic carbocycles. The molecule has 0 aliphatic heterocycles. The van der Waals surface area contributed by atoms with Crippen molar-refractivity contribution < 1.29 is 0 Å². The number of hydrogen-bond donors (Lipinski definition) is 0. The van der Waals surface area contributed by atoms with E-state index in [1.54, 1.807) is 0 Å². The lowest BCUT2D eigenvalue weighted by Crippen LogP contribution is -1.95. The van der Waals surface area contributed by atoms with Crippen LogP contribution in [0, 0.1) is 0 Å². The molecule has 1 nitrogen and oxygen atoms in total. The molecule has 0 saturated heterocycles. The topological polar surface area (TPSA) is 4.93 Å². The van der Waals surface area contributed by atoms with Gasteiger partial charge < -0.3 is 4.57 Å². The Kier molecular flexibility index (Phi) is 4.56. The highest BCUT2D eigenvalue weighted by Gasteiger charge is 2.20. The van der Waals surface area contributed by atoms with Crippen molar-refractivity contribution in [3.63, 3.8) is 0 Å². The van der Waals surface area contributed by atoms with Crippen LogP contribution in [0.2, 0.25) is 0 Å². The van der Waals surface area contributed by atoms with Crippen LogP contribution in [0.15, 0.2) is 128 Å². The maximum absolute atomic E-state index is 2.32. The van der Waals surface area contributed by atoms with Gasteiger partial charge in [-0.3, -0.25) is 0 Å². The normalized spacial score (nSPS) is 10.8. The number of nitrogens with zero attached hydrogens (tertiary/aromatic N) is 1. The van der Waals surface area contributed by atoms with Gasteiger partial charge in [0.15, 0.2) is 0 Å². The zero-order chi connectivity index (χ0) is 19.5. The summed E-state index contributed by atoms with van der Waals surface area (Å²) in [6.45, 7) is 0. The van der Waals surface area contributed by atoms with Gasteiger partial charge >= 0.3 is 0 Å². The molecular formula is C28H21N. The van der Waals surface area contributed by atoms with Gasteiger partial charge in [0.1, 0.15) is 0 Å². The molecule has 1 heterocycles. The molecule has 0 fully saturated rings. The van der Waals surface area contributed by atoms with Crippen molar-refractivity contribution in [2.75, 3.05) is 0 Å². The molecule has 0 spiro atoms. The highest BCUT2D eigenvalue weighted by atomic mass is 15.0. The molecule has 0 aliphatic rings. The SMILES string of the molecule is c1ccc(-c2cn(-c3ccccc3)c(-c3ccccc3)c2-c2ccccc2)cc1. The van der Waals surface area contributed by atoms with Crippen molar-refractivity contribution in [2.45, 2.75) is 0 Å². The summed E-state index contributed by atoms with van der Waals surface area (Å²) >= 11 is 0. The summed E-state index contributed by atoms with van der Waals surface area (Å²) in [6.07, 6.45) is 2.27. The molecule has 29 heavy (non-hydrogen) atoms. The fourth-order valence-electron chi connectivity index (χ4n) is 3.91. The van der Waals surface area contributed by atoms with Crippen molar-refractivity contribution in [1.82, 2.24) is 4.57 Å². The minimum atomic E-state index is 1.16. The number of para-hydroxylation sites is 1. The standard InChI is InChI=1S/C28H21N/c1-5-13-22(14-6-1)26-21-29(25-19-11-4-12-20-25)28(24-17-9-3-10-18-24)27(26)23-15-7-2-8-16-23/h1-21H. The molecule has 0 atom stereocenters. The summed E-state index contributed by atoms with van der Waals surface area (Å²) in [5.74, 6) is 0. The Hall–Kier alpha value is -3.84. The third kappa shape index (κ3) is 3.28. The average Bonchev–Trinajstić information content (AvgIpc) is 3.22. The van der Waals surface area contributed by atoms with Crippen LogP contribution < -0.4 is 0 Å². The minimum absolute atomic E-state index is 1.16. The first-order chi connectivity index (χ1) is 14.4. The van der Waals surface area contributed by atoms with E-state index in [0.29, 0.717) is 0 Å². The quantitative estimate of drug-likeness (QED) is 0.309. The van der Waals surface area contributed by atoms with Gasteiger partial charge in [0.25, 0.3) is 0 Å². The van der Waals surface area contributed by atoms with Gasteiger partial charge in [0.05, 0.1) is 5.69 Å². The predicted octanol–water partition coefficient (Wildman–Crippen LogP) is 7.48. The molecular weight excluding hydrogens is 350 g/mol. The van der Waals surface area contributed by atoms with Crippen LogP contribution in [0.5, 0.6) is 0 Å². The second-order valence-corrected chi connectivity index (χ2v) is 7.07. The van der Waals surface area contributed by atoms with Crippen molar-refractivity contribution in [1.29, 1.82) is 0 Å². The lowest BCUT2D eigenvalue weighted by Gasteiger charge is -2.13. The largest absolute Gasteiger partial charge is 0.315 e. The number of rotatable bonds is 4.